The molecule has 2 rings (SSSR count). The lowest BCUT2D eigenvalue weighted by Gasteiger charge is -2.27. The van der Waals surface area contributed by atoms with Crippen molar-refractivity contribution in [2.24, 2.45) is 0 Å². The second-order valence-electron chi connectivity index (χ2n) is 7.16. The maximum absolute atomic E-state index is 12.6. The molecule has 1 aromatic rings. The molecule has 138 valence electrons. The molecular weight excluding hydrogens is 320 g/mol. The van der Waals surface area contributed by atoms with Crippen molar-refractivity contribution in [1.29, 1.82) is 0 Å². The van der Waals surface area contributed by atoms with Crippen LogP contribution in [0.5, 0.6) is 0 Å². The molecule has 1 N–H and O–H groups in total. The summed E-state index contributed by atoms with van der Waals surface area (Å²) in [7, 11) is 0. The van der Waals surface area contributed by atoms with Gasteiger partial charge in [0.05, 0.1) is 12.6 Å². The van der Waals surface area contributed by atoms with Crippen LogP contribution in [0.3, 0.4) is 0 Å². The largest absolute Gasteiger partial charge is 0.444 e. The third-order valence-electron chi connectivity index (χ3n) is 3.91. The number of rotatable bonds is 5. The fourth-order valence-electron chi connectivity index (χ4n) is 2.83. The highest BCUT2D eigenvalue weighted by atomic mass is 16.6. The van der Waals surface area contributed by atoms with Gasteiger partial charge in [0, 0.05) is 19.6 Å². The Morgan fingerprint density at radius 1 is 1.24 bits per heavy atom. The van der Waals surface area contributed by atoms with E-state index in [2.05, 4.69) is 5.32 Å². The zero-order chi connectivity index (χ0) is 18.4. The average molecular weight is 348 g/mol. The van der Waals surface area contributed by atoms with Crippen LogP contribution < -0.4 is 5.32 Å². The number of ether oxygens (including phenoxy) is 2. The van der Waals surface area contributed by atoms with Gasteiger partial charge in [0.1, 0.15) is 11.6 Å². The molecule has 0 saturated carbocycles. The molecule has 6 nitrogen and oxygen atoms in total. The number of carbonyl (C=O) groups excluding carboxylic acids is 2. The van der Waals surface area contributed by atoms with Crippen LogP contribution in [0.25, 0.3) is 0 Å². The van der Waals surface area contributed by atoms with Crippen molar-refractivity contribution in [3.63, 3.8) is 0 Å². The Balaban J connectivity index is 2.02. The Bertz CT molecular complexity index is 583. The van der Waals surface area contributed by atoms with Crippen LogP contribution in [-0.4, -0.2) is 47.8 Å². The van der Waals surface area contributed by atoms with E-state index in [0.717, 1.165) is 5.56 Å². The Morgan fingerprint density at radius 3 is 2.52 bits per heavy atom. The molecule has 2 atom stereocenters. The molecule has 0 spiro atoms. The van der Waals surface area contributed by atoms with Crippen LogP contribution in [0.2, 0.25) is 0 Å². The van der Waals surface area contributed by atoms with Gasteiger partial charge >= 0.3 is 6.09 Å². The maximum Gasteiger partial charge on any atom is 0.411 e. The van der Waals surface area contributed by atoms with Crippen molar-refractivity contribution in [2.45, 2.75) is 58.4 Å². The Hall–Kier alpha value is -2.08. The zero-order valence-electron chi connectivity index (χ0n) is 15.5. The first-order chi connectivity index (χ1) is 11.8. The molecule has 2 amide bonds. The number of likely N-dealkylation sites (tertiary alicyclic amines) is 1. The average Bonchev–Trinajstić information content (AvgIpc) is 2.97. The summed E-state index contributed by atoms with van der Waals surface area (Å²) in [4.78, 5) is 26.6. The first kappa shape index (κ1) is 19.2. The number of amides is 2. The molecule has 0 aliphatic carbocycles. The molecule has 25 heavy (non-hydrogen) atoms. The van der Waals surface area contributed by atoms with Gasteiger partial charge in [-0.1, -0.05) is 30.3 Å². The monoisotopic (exact) mass is 348 g/mol. The van der Waals surface area contributed by atoms with E-state index in [0.29, 0.717) is 26.1 Å². The molecule has 1 aliphatic heterocycles. The second-order valence-corrected chi connectivity index (χ2v) is 7.16. The normalized spacial score (nSPS) is 20.4. The molecular formula is C19H28N2O4. The van der Waals surface area contributed by atoms with Gasteiger partial charge in [-0.25, -0.2) is 4.79 Å². The van der Waals surface area contributed by atoms with Gasteiger partial charge < -0.3 is 14.8 Å². The predicted octanol–water partition coefficient (Wildman–Crippen LogP) is 2.72. The van der Waals surface area contributed by atoms with Gasteiger partial charge in [-0.2, -0.15) is 0 Å². The molecule has 6 heteroatoms. The van der Waals surface area contributed by atoms with Gasteiger partial charge in [0.25, 0.3) is 0 Å². The molecule has 0 bridgehead atoms. The smallest absolute Gasteiger partial charge is 0.411 e. The van der Waals surface area contributed by atoms with E-state index >= 15 is 0 Å². The highest BCUT2D eigenvalue weighted by Gasteiger charge is 2.41. The van der Waals surface area contributed by atoms with Crippen molar-refractivity contribution in [3.8, 4) is 0 Å². The molecule has 1 aliphatic rings. The topological polar surface area (TPSA) is 67.9 Å². The van der Waals surface area contributed by atoms with E-state index in [1.807, 2.05) is 58.0 Å². The number of hydrogen-bond donors (Lipinski definition) is 1. The van der Waals surface area contributed by atoms with E-state index < -0.39 is 17.7 Å². The van der Waals surface area contributed by atoms with Gasteiger partial charge in [0.15, 0.2) is 0 Å². The number of benzene rings is 1. The van der Waals surface area contributed by atoms with Gasteiger partial charge in [-0.05, 0) is 33.3 Å². The summed E-state index contributed by atoms with van der Waals surface area (Å²) in [6.07, 6.45) is -0.146. The lowest BCUT2D eigenvalue weighted by atomic mass is 10.1. The van der Waals surface area contributed by atoms with Crippen LogP contribution in [0.1, 0.15) is 39.7 Å². The highest BCUT2D eigenvalue weighted by molar-refractivity contribution is 5.86. The highest BCUT2D eigenvalue weighted by Crippen LogP contribution is 2.23. The molecule has 1 saturated heterocycles. The van der Waals surface area contributed by atoms with E-state index in [1.165, 1.54) is 4.90 Å². The van der Waals surface area contributed by atoms with Gasteiger partial charge in [0.2, 0.25) is 5.91 Å². The molecule has 0 aromatic heterocycles. The minimum absolute atomic E-state index is 0.148. The van der Waals surface area contributed by atoms with Crippen LogP contribution in [0.4, 0.5) is 4.79 Å². The third-order valence-corrected chi connectivity index (χ3v) is 3.91. The fraction of sp³-hybridized carbons (Fsp3) is 0.579. The van der Waals surface area contributed by atoms with Gasteiger partial charge in [-0.3, -0.25) is 9.69 Å². The number of nitrogens with zero attached hydrogens (tertiary/aromatic N) is 1. The molecule has 0 radical (unpaired) electrons. The van der Waals surface area contributed by atoms with Crippen LogP contribution in [0.15, 0.2) is 30.3 Å². The van der Waals surface area contributed by atoms with E-state index in [1.54, 1.807) is 0 Å². The summed E-state index contributed by atoms with van der Waals surface area (Å²) in [6, 6.07) is 9.10. The standard InChI is InChI=1S/C19H28N2O4/c1-5-24-15-11-16(21(13-15)18(23)25-19(2,3)4)17(22)20-12-14-9-7-6-8-10-14/h6-10,15-16H,5,11-13H2,1-4H3,(H,20,22)/t15-,16+/m1/s1. The number of nitrogens with one attached hydrogen (secondary N) is 1. The van der Waals surface area contributed by atoms with Crippen molar-refractivity contribution in [3.05, 3.63) is 35.9 Å². The summed E-state index contributed by atoms with van der Waals surface area (Å²) < 4.78 is 11.1. The molecule has 0 unspecified atom stereocenters. The molecule has 1 fully saturated rings. The SMILES string of the molecule is CCO[C@@H]1C[C@@H](C(=O)NCc2ccccc2)N(C(=O)OC(C)(C)C)C1. The Kier molecular flexibility index (Phi) is 6.42. The quantitative estimate of drug-likeness (QED) is 0.888. The lowest BCUT2D eigenvalue weighted by molar-refractivity contribution is -0.125. The Labute approximate surface area is 149 Å². The first-order valence-corrected chi connectivity index (χ1v) is 8.73. The Morgan fingerprint density at radius 2 is 1.92 bits per heavy atom. The fourth-order valence-corrected chi connectivity index (χ4v) is 2.83. The van der Waals surface area contributed by atoms with Crippen molar-refractivity contribution < 1.29 is 19.1 Å². The van der Waals surface area contributed by atoms with Crippen LogP contribution >= 0.6 is 0 Å². The molecule has 1 aromatic carbocycles. The van der Waals surface area contributed by atoms with E-state index in [9.17, 15) is 9.59 Å². The van der Waals surface area contributed by atoms with Crippen LogP contribution in [-0.2, 0) is 20.8 Å². The zero-order valence-corrected chi connectivity index (χ0v) is 15.5. The minimum Gasteiger partial charge on any atom is -0.444 e. The second kappa shape index (κ2) is 8.34. The maximum atomic E-state index is 12.6. The predicted molar refractivity (Wildman–Crippen MR) is 95.0 cm³/mol. The summed E-state index contributed by atoms with van der Waals surface area (Å²) in [5.74, 6) is -0.183. The van der Waals surface area contributed by atoms with E-state index in [-0.39, 0.29) is 12.0 Å². The molecule has 1 heterocycles. The number of hydrogen-bond acceptors (Lipinski definition) is 4. The van der Waals surface area contributed by atoms with E-state index in [4.69, 9.17) is 9.47 Å². The minimum atomic E-state index is -0.605. The number of carbonyl (C=O) groups is 2. The van der Waals surface area contributed by atoms with Crippen molar-refractivity contribution >= 4 is 12.0 Å². The first-order valence-electron chi connectivity index (χ1n) is 8.73. The van der Waals surface area contributed by atoms with Crippen LogP contribution in [0, 0.1) is 0 Å². The summed E-state index contributed by atoms with van der Waals surface area (Å²) >= 11 is 0. The third kappa shape index (κ3) is 5.74. The summed E-state index contributed by atoms with van der Waals surface area (Å²) in [5.41, 5.74) is 0.408. The van der Waals surface area contributed by atoms with Gasteiger partial charge in [-0.15, -0.1) is 0 Å². The van der Waals surface area contributed by atoms with Crippen molar-refractivity contribution in [1.82, 2.24) is 10.2 Å². The lowest BCUT2D eigenvalue weighted by Crippen LogP contribution is -2.47. The summed E-state index contributed by atoms with van der Waals surface area (Å²) in [5, 5.41) is 2.91. The van der Waals surface area contributed by atoms with Crippen molar-refractivity contribution in [2.75, 3.05) is 13.2 Å². The summed E-state index contributed by atoms with van der Waals surface area (Å²) in [6.45, 7) is 8.68.